The molecule has 1 fully saturated rings. The number of hydrogen-bond acceptors (Lipinski definition) is 7. The van der Waals surface area contributed by atoms with Gasteiger partial charge in [0.05, 0.1) is 23.5 Å². The molecule has 2 aromatic heterocycles. The quantitative estimate of drug-likeness (QED) is 0.365. The summed E-state index contributed by atoms with van der Waals surface area (Å²) in [7, 11) is 1.76. The lowest BCUT2D eigenvalue weighted by molar-refractivity contribution is -0.0799. The maximum absolute atomic E-state index is 14.0. The van der Waals surface area contributed by atoms with E-state index in [1.807, 2.05) is 12.3 Å². The number of likely N-dealkylation sites (tertiary alicyclic amines) is 1. The van der Waals surface area contributed by atoms with Crippen LogP contribution in [0.1, 0.15) is 54.6 Å². The molecule has 39 heavy (non-hydrogen) atoms. The van der Waals surface area contributed by atoms with Crippen LogP contribution in [0.4, 0.5) is 8.78 Å². The van der Waals surface area contributed by atoms with Gasteiger partial charge in [-0.2, -0.15) is 0 Å². The number of ether oxygens (including phenoxy) is 1. The van der Waals surface area contributed by atoms with E-state index >= 15 is 0 Å². The Morgan fingerprint density at radius 2 is 1.95 bits per heavy atom. The Hall–Kier alpha value is -3.47. The van der Waals surface area contributed by atoms with Gasteiger partial charge >= 0.3 is 0 Å². The average molecular weight is 539 g/mol. The zero-order valence-electron chi connectivity index (χ0n) is 22.3. The Morgan fingerprint density at radius 3 is 2.62 bits per heavy atom. The molecule has 2 aliphatic heterocycles. The summed E-state index contributed by atoms with van der Waals surface area (Å²) in [5, 5.41) is 14.0. The standard InChI is InChI=1S/C29H32F2N4O4/c1-28(2,37)18-39-33-27(20-5-6-23(30)24(31)12-20)25-7-4-19(14-32-25)15-35-10-8-29(9-11-35)22-13-26(36)34(3)16-21(22)17-38-29/h4-7,12-14,16,37H,8-11,15,17-18H2,1-3H3/b33-27+. The van der Waals surface area contributed by atoms with Gasteiger partial charge in [-0.1, -0.05) is 11.2 Å². The molecule has 5 rings (SSSR count). The summed E-state index contributed by atoms with van der Waals surface area (Å²) in [5.74, 6) is -1.97. The Kier molecular flexibility index (Phi) is 7.37. The highest BCUT2D eigenvalue weighted by molar-refractivity contribution is 6.11. The number of fused-ring (bicyclic) bond motifs is 2. The van der Waals surface area contributed by atoms with Gasteiger partial charge in [-0.3, -0.25) is 14.7 Å². The number of pyridine rings is 2. The fourth-order valence-electron chi connectivity index (χ4n) is 5.07. The lowest BCUT2D eigenvalue weighted by Gasteiger charge is -2.39. The molecule has 3 aromatic rings. The van der Waals surface area contributed by atoms with Crippen molar-refractivity contribution < 1.29 is 23.5 Å². The van der Waals surface area contributed by atoms with E-state index in [-0.39, 0.29) is 17.9 Å². The molecule has 0 radical (unpaired) electrons. The summed E-state index contributed by atoms with van der Waals surface area (Å²) in [5.41, 5.74) is 2.50. The van der Waals surface area contributed by atoms with E-state index in [0.29, 0.717) is 24.4 Å². The number of aryl methyl sites for hydroxylation is 1. The van der Waals surface area contributed by atoms with Crippen LogP contribution in [0, 0.1) is 11.6 Å². The van der Waals surface area contributed by atoms with E-state index in [1.54, 1.807) is 43.8 Å². The van der Waals surface area contributed by atoms with Crippen LogP contribution in [0.25, 0.3) is 0 Å². The number of halogens is 2. The highest BCUT2D eigenvalue weighted by Crippen LogP contribution is 2.43. The van der Waals surface area contributed by atoms with Crippen LogP contribution in [0.3, 0.4) is 0 Å². The van der Waals surface area contributed by atoms with Crippen LogP contribution < -0.4 is 5.56 Å². The van der Waals surface area contributed by atoms with Gasteiger partial charge in [0.15, 0.2) is 11.6 Å². The van der Waals surface area contributed by atoms with Crippen LogP contribution in [0.2, 0.25) is 0 Å². The number of oxime groups is 1. The first-order chi connectivity index (χ1) is 18.5. The van der Waals surface area contributed by atoms with Gasteiger partial charge < -0.3 is 19.2 Å². The second-order valence-corrected chi connectivity index (χ2v) is 10.9. The van der Waals surface area contributed by atoms with Crippen molar-refractivity contribution in [3.05, 3.63) is 98.7 Å². The van der Waals surface area contributed by atoms with Crippen molar-refractivity contribution in [3.63, 3.8) is 0 Å². The molecule has 0 atom stereocenters. The largest absolute Gasteiger partial charge is 0.392 e. The van der Waals surface area contributed by atoms with Gasteiger partial charge in [-0.05, 0) is 62.1 Å². The Balaban J connectivity index is 1.28. The normalized spacial score (nSPS) is 17.4. The molecule has 1 spiro atoms. The van der Waals surface area contributed by atoms with Gasteiger partial charge in [0.2, 0.25) is 0 Å². The van der Waals surface area contributed by atoms with Gasteiger partial charge in [-0.25, -0.2) is 8.78 Å². The van der Waals surface area contributed by atoms with E-state index in [1.165, 1.54) is 6.07 Å². The first-order valence-electron chi connectivity index (χ1n) is 12.9. The van der Waals surface area contributed by atoms with E-state index in [2.05, 4.69) is 15.0 Å². The topological polar surface area (TPSA) is 89.2 Å². The molecule has 2 aliphatic rings. The summed E-state index contributed by atoms with van der Waals surface area (Å²) in [4.78, 5) is 24.4. The molecular formula is C29H32F2N4O4. The monoisotopic (exact) mass is 538 g/mol. The summed E-state index contributed by atoms with van der Waals surface area (Å²) >= 11 is 0. The summed E-state index contributed by atoms with van der Waals surface area (Å²) in [6.45, 7) is 5.89. The van der Waals surface area contributed by atoms with Crippen LogP contribution in [0.5, 0.6) is 0 Å². The molecule has 0 aliphatic carbocycles. The number of benzene rings is 1. The average Bonchev–Trinajstić information content (AvgIpc) is 3.22. The Labute approximate surface area is 225 Å². The lowest BCUT2D eigenvalue weighted by atomic mass is 9.84. The van der Waals surface area contributed by atoms with Gasteiger partial charge in [0, 0.05) is 56.3 Å². The predicted molar refractivity (Wildman–Crippen MR) is 141 cm³/mol. The zero-order valence-corrected chi connectivity index (χ0v) is 22.3. The minimum absolute atomic E-state index is 0.0241. The molecule has 4 heterocycles. The van der Waals surface area contributed by atoms with E-state index in [9.17, 15) is 18.7 Å². The molecular weight excluding hydrogens is 506 g/mol. The molecule has 1 aromatic carbocycles. The zero-order chi connectivity index (χ0) is 27.8. The number of hydrogen-bond donors (Lipinski definition) is 1. The molecule has 0 amide bonds. The molecule has 1 N–H and O–H groups in total. The fraction of sp³-hybridized carbons (Fsp3) is 0.414. The highest BCUT2D eigenvalue weighted by Gasteiger charge is 2.43. The fourth-order valence-corrected chi connectivity index (χ4v) is 5.07. The third kappa shape index (κ3) is 5.93. The molecule has 1 saturated heterocycles. The molecule has 0 saturated carbocycles. The summed E-state index contributed by atoms with van der Waals surface area (Å²) < 4.78 is 35.3. The Morgan fingerprint density at radius 1 is 1.18 bits per heavy atom. The highest BCUT2D eigenvalue weighted by atomic mass is 19.2. The first kappa shape index (κ1) is 27.1. The predicted octanol–water partition coefficient (Wildman–Crippen LogP) is 3.62. The van der Waals surface area contributed by atoms with Crippen LogP contribution >= 0.6 is 0 Å². The molecule has 0 bridgehead atoms. The van der Waals surface area contributed by atoms with E-state index in [4.69, 9.17) is 9.57 Å². The van der Waals surface area contributed by atoms with Crippen LogP contribution in [0.15, 0.2) is 58.7 Å². The minimum atomic E-state index is -1.12. The third-order valence-electron chi connectivity index (χ3n) is 7.21. The number of piperidine rings is 1. The molecule has 10 heteroatoms. The smallest absolute Gasteiger partial charge is 0.250 e. The van der Waals surface area contributed by atoms with Crippen molar-refractivity contribution in [2.45, 2.75) is 51.0 Å². The van der Waals surface area contributed by atoms with Crippen molar-refractivity contribution in [1.82, 2.24) is 14.5 Å². The van der Waals surface area contributed by atoms with E-state index < -0.39 is 22.8 Å². The maximum atomic E-state index is 14.0. The van der Waals surface area contributed by atoms with Crippen molar-refractivity contribution >= 4 is 5.71 Å². The Bertz CT molecular complexity index is 1440. The van der Waals surface area contributed by atoms with Crippen molar-refractivity contribution in [2.75, 3.05) is 19.7 Å². The summed E-state index contributed by atoms with van der Waals surface area (Å²) in [6, 6.07) is 8.88. The number of nitrogens with zero attached hydrogens (tertiary/aromatic N) is 4. The van der Waals surface area contributed by atoms with Crippen molar-refractivity contribution in [3.8, 4) is 0 Å². The minimum Gasteiger partial charge on any atom is -0.392 e. The molecule has 0 unspecified atom stereocenters. The van der Waals surface area contributed by atoms with Gasteiger partial charge in [0.25, 0.3) is 5.56 Å². The molecule has 8 nitrogen and oxygen atoms in total. The second kappa shape index (κ2) is 10.6. The SMILES string of the molecule is Cn1cc2c(cc1=O)C1(CCN(Cc3ccc(/C(=N/OCC(C)(C)O)c4ccc(F)c(F)c4)nc3)CC1)OC2. The van der Waals surface area contributed by atoms with Gasteiger partial charge in [-0.15, -0.1) is 0 Å². The number of aromatic nitrogens is 2. The van der Waals surface area contributed by atoms with Crippen molar-refractivity contribution in [2.24, 2.45) is 12.2 Å². The van der Waals surface area contributed by atoms with Gasteiger partial charge in [0.1, 0.15) is 12.3 Å². The third-order valence-corrected chi connectivity index (χ3v) is 7.21. The van der Waals surface area contributed by atoms with E-state index in [0.717, 1.165) is 54.8 Å². The lowest BCUT2D eigenvalue weighted by Crippen LogP contribution is -2.42. The maximum Gasteiger partial charge on any atom is 0.250 e. The second-order valence-electron chi connectivity index (χ2n) is 10.9. The first-order valence-corrected chi connectivity index (χ1v) is 12.9. The van der Waals surface area contributed by atoms with Crippen molar-refractivity contribution in [1.29, 1.82) is 0 Å². The van der Waals surface area contributed by atoms with Crippen LogP contribution in [-0.2, 0) is 35.4 Å². The summed E-state index contributed by atoms with van der Waals surface area (Å²) in [6.07, 6.45) is 5.20. The number of rotatable bonds is 7. The number of aliphatic hydroxyl groups is 1. The molecule has 206 valence electrons. The van der Waals surface area contributed by atoms with Crippen LogP contribution in [-0.4, -0.2) is 50.6 Å².